The van der Waals surface area contributed by atoms with Gasteiger partial charge in [-0.2, -0.15) is 0 Å². The number of carbonyl (C=O) groups excluding carboxylic acids is 5. The van der Waals surface area contributed by atoms with Crippen molar-refractivity contribution in [2.45, 2.75) is 95.7 Å². The Morgan fingerprint density at radius 2 is 1.95 bits per heavy atom. The van der Waals surface area contributed by atoms with Crippen molar-refractivity contribution in [1.29, 1.82) is 0 Å². The number of nitrogens with two attached hydrogens (primary N) is 1. The lowest BCUT2D eigenvalue weighted by Crippen LogP contribution is -2.56. The van der Waals surface area contributed by atoms with Gasteiger partial charge in [0.2, 0.25) is 23.6 Å². The van der Waals surface area contributed by atoms with Crippen LogP contribution in [-0.2, 0) is 30.3 Å². The zero-order valence-corrected chi connectivity index (χ0v) is 21.4. The van der Waals surface area contributed by atoms with Crippen LogP contribution in [0, 0.1) is 0 Å². The van der Waals surface area contributed by atoms with Crippen LogP contribution in [0.4, 0.5) is 4.79 Å². The van der Waals surface area contributed by atoms with Gasteiger partial charge in [-0.15, -0.1) is 0 Å². The molecule has 3 atom stereocenters. The first-order valence-electron chi connectivity index (χ1n) is 13.2. The molecule has 2 aliphatic heterocycles. The van der Waals surface area contributed by atoms with Crippen LogP contribution in [-0.4, -0.2) is 75.5 Å². The molecule has 1 aromatic heterocycles. The number of hydrogen-bond donors (Lipinski definition) is 3. The predicted octanol–water partition coefficient (Wildman–Crippen LogP) is 1.01. The first kappa shape index (κ1) is 28.1. The van der Waals surface area contributed by atoms with Crippen LogP contribution >= 0.6 is 0 Å². The first-order chi connectivity index (χ1) is 17.8. The summed E-state index contributed by atoms with van der Waals surface area (Å²) >= 11 is 0. The second kappa shape index (κ2) is 13.8. The van der Waals surface area contributed by atoms with Crippen LogP contribution in [0.15, 0.2) is 12.5 Å². The zero-order valence-electron chi connectivity index (χ0n) is 21.4. The summed E-state index contributed by atoms with van der Waals surface area (Å²) in [4.78, 5) is 67.5. The smallest absolute Gasteiger partial charge is 0.419 e. The Bertz CT molecular complexity index is 979. The number of hydrogen-bond acceptors (Lipinski definition) is 7. The molecule has 0 unspecified atom stereocenters. The van der Waals surface area contributed by atoms with Gasteiger partial charge < -0.3 is 26.0 Å². The van der Waals surface area contributed by atoms with E-state index in [1.165, 1.54) is 41.3 Å². The maximum atomic E-state index is 13.4. The maximum absolute atomic E-state index is 13.4. The molecule has 12 nitrogen and oxygen atoms in total. The van der Waals surface area contributed by atoms with Crippen LogP contribution in [0.3, 0.4) is 0 Å². The molecule has 37 heavy (non-hydrogen) atoms. The molecule has 0 bridgehead atoms. The van der Waals surface area contributed by atoms with Gasteiger partial charge in [0.25, 0.3) is 0 Å². The number of likely N-dealkylation sites (tertiary alicyclic amines) is 1. The van der Waals surface area contributed by atoms with Crippen molar-refractivity contribution in [3.63, 3.8) is 0 Å². The Kier molecular flexibility index (Phi) is 10.5. The summed E-state index contributed by atoms with van der Waals surface area (Å²) in [6.07, 6.45) is 10.3. The lowest BCUT2D eigenvalue weighted by molar-refractivity contribution is -0.140. The topological polar surface area (TPSA) is 166 Å². The van der Waals surface area contributed by atoms with E-state index >= 15 is 0 Å². The fourth-order valence-electron chi connectivity index (χ4n) is 4.70. The van der Waals surface area contributed by atoms with Crippen molar-refractivity contribution in [2.24, 2.45) is 5.73 Å². The van der Waals surface area contributed by atoms with E-state index in [4.69, 9.17) is 10.5 Å². The molecular weight excluding hydrogens is 480 g/mol. The van der Waals surface area contributed by atoms with Crippen LogP contribution in [0.25, 0.3) is 0 Å². The SMILES string of the molecule is CCCCCCCCOC(=O)n1cnc(C[C@H](NC(=O)[C@@H]2CCC(=O)N2)C(=O)N2CCC[C@H]2C(N)=O)c1. The summed E-state index contributed by atoms with van der Waals surface area (Å²) in [5.74, 6) is -1.78. The number of carbonyl (C=O) groups is 5. The number of aromatic nitrogens is 2. The van der Waals surface area contributed by atoms with Crippen LogP contribution < -0.4 is 16.4 Å². The molecule has 2 aliphatic rings. The lowest BCUT2D eigenvalue weighted by Gasteiger charge is -2.28. The second-order valence-electron chi connectivity index (χ2n) is 9.67. The van der Waals surface area contributed by atoms with E-state index in [1.807, 2.05) is 0 Å². The molecule has 204 valence electrons. The number of nitrogens with one attached hydrogen (secondary N) is 2. The van der Waals surface area contributed by atoms with E-state index in [9.17, 15) is 24.0 Å². The molecule has 0 saturated carbocycles. The van der Waals surface area contributed by atoms with Gasteiger partial charge in [-0.1, -0.05) is 39.0 Å². The van der Waals surface area contributed by atoms with Gasteiger partial charge in [0, 0.05) is 25.6 Å². The zero-order chi connectivity index (χ0) is 26.8. The number of ether oxygens (including phenoxy) is 1. The highest BCUT2D eigenvalue weighted by Crippen LogP contribution is 2.19. The lowest BCUT2D eigenvalue weighted by atomic mass is 10.1. The second-order valence-corrected chi connectivity index (χ2v) is 9.67. The highest BCUT2D eigenvalue weighted by atomic mass is 16.5. The quantitative estimate of drug-likeness (QED) is 0.328. The van der Waals surface area contributed by atoms with Crippen LogP contribution in [0.2, 0.25) is 0 Å². The van der Waals surface area contributed by atoms with E-state index in [2.05, 4.69) is 22.5 Å². The van der Waals surface area contributed by atoms with Crippen molar-refractivity contribution in [1.82, 2.24) is 25.1 Å². The Morgan fingerprint density at radius 1 is 1.19 bits per heavy atom. The number of rotatable bonds is 13. The summed E-state index contributed by atoms with van der Waals surface area (Å²) in [6.45, 7) is 2.82. The van der Waals surface area contributed by atoms with Gasteiger partial charge in [-0.05, 0) is 25.7 Å². The molecule has 12 heteroatoms. The fourth-order valence-corrected chi connectivity index (χ4v) is 4.70. The Hall–Kier alpha value is -3.44. The number of primary amides is 1. The third-order valence-corrected chi connectivity index (χ3v) is 6.77. The van der Waals surface area contributed by atoms with Crippen LogP contribution in [0.1, 0.15) is 76.8 Å². The van der Waals surface area contributed by atoms with Gasteiger partial charge in [0.1, 0.15) is 24.5 Å². The molecule has 4 amide bonds. The van der Waals surface area contributed by atoms with Gasteiger partial charge in [-0.3, -0.25) is 19.2 Å². The van der Waals surface area contributed by atoms with E-state index in [-0.39, 0.29) is 18.7 Å². The number of unbranched alkanes of at least 4 members (excludes halogenated alkanes) is 5. The van der Waals surface area contributed by atoms with Gasteiger partial charge in [0.05, 0.1) is 12.3 Å². The summed E-state index contributed by atoms with van der Waals surface area (Å²) < 4.78 is 6.52. The van der Waals surface area contributed by atoms with Crippen molar-refractivity contribution in [2.75, 3.05) is 13.2 Å². The van der Waals surface area contributed by atoms with Gasteiger partial charge >= 0.3 is 6.09 Å². The minimum absolute atomic E-state index is 0.00900. The maximum Gasteiger partial charge on any atom is 0.419 e. The molecule has 1 aromatic rings. The molecule has 0 radical (unpaired) electrons. The largest absolute Gasteiger partial charge is 0.449 e. The molecule has 0 aromatic carbocycles. The predicted molar refractivity (Wildman–Crippen MR) is 133 cm³/mol. The summed E-state index contributed by atoms with van der Waals surface area (Å²) in [6, 6.07) is -2.53. The molecule has 2 saturated heterocycles. The standard InChI is InChI=1S/C25H38N6O6/c1-2-3-4-5-6-7-13-37-25(36)30-15-17(27-16-30)14-19(29-23(34)18-10-11-21(32)28-18)24(35)31-12-8-9-20(31)22(26)33/h15-16,18-20H,2-14H2,1H3,(H2,26,33)(H,28,32)(H,29,34)/t18-,19-,20-/m0/s1. The van der Waals surface area contributed by atoms with E-state index in [1.54, 1.807) is 0 Å². The van der Waals surface area contributed by atoms with Crippen molar-refractivity contribution < 1.29 is 28.7 Å². The minimum atomic E-state index is -1.05. The van der Waals surface area contributed by atoms with Crippen molar-refractivity contribution in [3.8, 4) is 0 Å². The van der Waals surface area contributed by atoms with Crippen molar-refractivity contribution in [3.05, 3.63) is 18.2 Å². The molecule has 4 N–H and O–H groups in total. The molecular formula is C25H38N6O6. The molecule has 3 rings (SSSR count). The third-order valence-electron chi connectivity index (χ3n) is 6.77. The van der Waals surface area contributed by atoms with Gasteiger partial charge in [0.15, 0.2) is 0 Å². The third kappa shape index (κ3) is 8.02. The monoisotopic (exact) mass is 518 g/mol. The Labute approximate surface area is 216 Å². The summed E-state index contributed by atoms with van der Waals surface area (Å²) in [5, 5.41) is 5.29. The molecule has 0 aliphatic carbocycles. The number of imidazole rings is 1. The molecule has 0 spiro atoms. The fraction of sp³-hybridized carbons (Fsp3) is 0.680. The van der Waals surface area contributed by atoms with Crippen LogP contribution in [0.5, 0.6) is 0 Å². The molecule has 3 heterocycles. The minimum Gasteiger partial charge on any atom is -0.449 e. The Morgan fingerprint density at radius 3 is 2.65 bits per heavy atom. The first-order valence-corrected chi connectivity index (χ1v) is 13.2. The number of amides is 4. The Balaban J connectivity index is 1.61. The molecule has 2 fully saturated rings. The summed E-state index contributed by atoms with van der Waals surface area (Å²) in [5.41, 5.74) is 5.87. The highest BCUT2D eigenvalue weighted by molar-refractivity contribution is 5.95. The van der Waals surface area contributed by atoms with E-state index in [0.29, 0.717) is 38.1 Å². The average Bonchev–Trinajstić information content (AvgIpc) is 3.63. The summed E-state index contributed by atoms with van der Waals surface area (Å²) in [7, 11) is 0. The van der Waals surface area contributed by atoms with Crippen molar-refractivity contribution >= 4 is 29.7 Å². The normalized spacial score (nSPS) is 19.9. The highest BCUT2D eigenvalue weighted by Gasteiger charge is 2.38. The number of nitrogens with zero attached hydrogens (tertiary/aromatic N) is 3. The van der Waals surface area contributed by atoms with E-state index in [0.717, 1.165) is 19.3 Å². The van der Waals surface area contributed by atoms with E-state index < -0.39 is 41.9 Å². The van der Waals surface area contributed by atoms with Gasteiger partial charge in [-0.25, -0.2) is 14.3 Å². The average molecular weight is 519 g/mol.